The molecule has 0 amide bonds. The predicted molar refractivity (Wildman–Crippen MR) is 76.6 cm³/mol. The van der Waals surface area contributed by atoms with Crippen LogP contribution in [0.3, 0.4) is 0 Å². The summed E-state index contributed by atoms with van der Waals surface area (Å²) in [7, 11) is 0. The maximum atomic E-state index is 13.9. The van der Waals surface area contributed by atoms with Gasteiger partial charge in [-0.3, -0.25) is 0 Å². The van der Waals surface area contributed by atoms with Gasteiger partial charge in [-0.1, -0.05) is 18.2 Å². The van der Waals surface area contributed by atoms with E-state index in [4.69, 9.17) is 5.73 Å². The topological polar surface area (TPSA) is 38.0 Å². The van der Waals surface area contributed by atoms with Gasteiger partial charge in [-0.2, -0.15) is 0 Å². The zero-order valence-electron chi connectivity index (χ0n) is 9.79. The van der Waals surface area contributed by atoms with E-state index in [1.54, 1.807) is 6.07 Å². The highest BCUT2D eigenvalue weighted by molar-refractivity contribution is 9.10. The fourth-order valence-corrected chi connectivity index (χ4v) is 2.07. The molecule has 0 bridgehead atoms. The molecule has 2 aromatic rings. The second-order valence-electron chi connectivity index (χ2n) is 3.96. The van der Waals surface area contributed by atoms with E-state index in [1.807, 2.05) is 30.3 Å². The number of hydrogen-bond acceptors (Lipinski definition) is 2. The van der Waals surface area contributed by atoms with Crippen LogP contribution in [0.15, 0.2) is 46.9 Å². The average molecular weight is 309 g/mol. The Morgan fingerprint density at radius 1 is 1.11 bits per heavy atom. The van der Waals surface area contributed by atoms with Crippen LogP contribution in [0.25, 0.3) is 0 Å². The molecule has 0 aromatic heterocycles. The van der Waals surface area contributed by atoms with Gasteiger partial charge in [-0.05, 0) is 58.7 Å². The molecule has 18 heavy (non-hydrogen) atoms. The summed E-state index contributed by atoms with van der Waals surface area (Å²) in [6.07, 6.45) is 0.687. The Kier molecular flexibility index (Phi) is 4.33. The van der Waals surface area contributed by atoms with Crippen LogP contribution in [-0.4, -0.2) is 6.54 Å². The maximum Gasteiger partial charge on any atom is 0.146 e. The summed E-state index contributed by atoms with van der Waals surface area (Å²) in [6.45, 7) is 0.524. The van der Waals surface area contributed by atoms with Crippen molar-refractivity contribution >= 4 is 27.3 Å². The van der Waals surface area contributed by atoms with Gasteiger partial charge in [0.25, 0.3) is 0 Å². The third-order valence-electron chi connectivity index (χ3n) is 2.61. The molecular formula is C14H14BrFN2. The smallest absolute Gasteiger partial charge is 0.146 e. The maximum absolute atomic E-state index is 13.9. The molecule has 0 spiro atoms. The van der Waals surface area contributed by atoms with Crippen molar-refractivity contribution in [2.24, 2.45) is 5.73 Å². The molecule has 0 radical (unpaired) electrons. The molecule has 0 unspecified atom stereocenters. The van der Waals surface area contributed by atoms with E-state index < -0.39 is 0 Å². The fraction of sp³-hybridized carbons (Fsp3) is 0.143. The second-order valence-corrected chi connectivity index (χ2v) is 4.81. The lowest BCUT2D eigenvalue weighted by atomic mass is 10.1. The van der Waals surface area contributed by atoms with Crippen molar-refractivity contribution in [3.63, 3.8) is 0 Å². The van der Waals surface area contributed by atoms with Crippen molar-refractivity contribution in [2.75, 3.05) is 11.9 Å². The Morgan fingerprint density at radius 3 is 2.56 bits per heavy atom. The van der Waals surface area contributed by atoms with E-state index in [-0.39, 0.29) is 5.82 Å². The molecule has 2 nitrogen and oxygen atoms in total. The lowest BCUT2D eigenvalue weighted by Crippen LogP contribution is -2.03. The minimum atomic E-state index is -0.267. The SMILES string of the molecule is NCCc1ccc(Nc2ccccc2Br)c(F)c1. The van der Waals surface area contributed by atoms with Gasteiger partial charge in [-0.15, -0.1) is 0 Å². The Hall–Kier alpha value is -1.39. The standard InChI is InChI=1S/C14H14BrFN2/c15-11-3-1-2-4-13(11)18-14-6-5-10(7-8-17)9-12(14)16/h1-6,9,18H,7-8,17H2. The number of nitrogens with one attached hydrogen (secondary N) is 1. The first kappa shape index (κ1) is 13.1. The molecule has 0 fully saturated rings. The number of halogens is 2. The van der Waals surface area contributed by atoms with E-state index in [2.05, 4.69) is 21.2 Å². The summed E-state index contributed by atoms with van der Waals surface area (Å²) in [5.74, 6) is -0.267. The van der Waals surface area contributed by atoms with Crippen molar-refractivity contribution in [3.05, 3.63) is 58.3 Å². The number of para-hydroxylation sites is 1. The minimum absolute atomic E-state index is 0.267. The highest BCUT2D eigenvalue weighted by atomic mass is 79.9. The van der Waals surface area contributed by atoms with Crippen LogP contribution in [0, 0.1) is 5.82 Å². The van der Waals surface area contributed by atoms with Gasteiger partial charge < -0.3 is 11.1 Å². The summed E-state index contributed by atoms with van der Waals surface area (Å²) >= 11 is 3.42. The monoisotopic (exact) mass is 308 g/mol. The quantitative estimate of drug-likeness (QED) is 0.901. The number of rotatable bonds is 4. The van der Waals surface area contributed by atoms with Crippen LogP contribution < -0.4 is 11.1 Å². The average Bonchev–Trinajstić information content (AvgIpc) is 2.35. The third-order valence-corrected chi connectivity index (χ3v) is 3.30. The highest BCUT2D eigenvalue weighted by Crippen LogP contribution is 2.27. The van der Waals surface area contributed by atoms with Crippen LogP contribution in [-0.2, 0) is 6.42 Å². The van der Waals surface area contributed by atoms with Crippen LogP contribution in [0.2, 0.25) is 0 Å². The van der Waals surface area contributed by atoms with Crippen LogP contribution in [0.5, 0.6) is 0 Å². The predicted octanol–water partition coefficient (Wildman–Crippen LogP) is 3.83. The Balaban J connectivity index is 2.22. The summed E-state index contributed by atoms with van der Waals surface area (Å²) < 4.78 is 14.8. The Bertz CT molecular complexity index is 543. The molecule has 0 aliphatic carbocycles. The largest absolute Gasteiger partial charge is 0.352 e. The lowest BCUT2D eigenvalue weighted by Gasteiger charge is -2.10. The number of anilines is 2. The molecule has 0 saturated carbocycles. The molecular weight excluding hydrogens is 295 g/mol. The molecule has 0 heterocycles. The van der Waals surface area contributed by atoms with E-state index in [1.165, 1.54) is 6.07 Å². The molecule has 0 aliphatic rings. The summed E-state index contributed by atoms with van der Waals surface area (Å²) in [6, 6.07) is 12.7. The zero-order chi connectivity index (χ0) is 13.0. The molecule has 4 heteroatoms. The first-order valence-corrected chi connectivity index (χ1v) is 6.50. The van der Waals surface area contributed by atoms with Gasteiger partial charge >= 0.3 is 0 Å². The normalized spacial score (nSPS) is 10.4. The first-order valence-electron chi connectivity index (χ1n) is 5.71. The molecule has 0 aliphatic heterocycles. The van der Waals surface area contributed by atoms with E-state index in [0.717, 1.165) is 15.7 Å². The van der Waals surface area contributed by atoms with Gasteiger partial charge in [0, 0.05) is 4.47 Å². The van der Waals surface area contributed by atoms with Crippen molar-refractivity contribution in [1.82, 2.24) is 0 Å². The fourth-order valence-electron chi connectivity index (χ4n) is 1.69. The van der Waals surface area contributed by atoms with Gasteiger partial charge in [0.2, 0.25) is 0 Å². The molecule has 2 aromatic carbocycles. The van der Waals surface area contributed by atoms with Crippen molar-refractivity contribution in [3.8, 4) is 0 Å². The van der Waals surface area contributed by atoms with Crippen LogP contribution in [0.4, 0.5) is 15.8 Å². The summed E-state index contributed by atoms with van der Waals surface area (Å²) in [5, 5.41) is 3.06. The summed E-state index contributed by atoms with van der Waals surface area (Å²) in [5.41, 5.74) is 7.65. The Labute approximate surface area is 114 Å². The molecule has 3 N–H and O–H groups in total. The van der Waals surface area contributed by atoms with Gasteiger partial charge in [0.1, 0.15) is 5.82 Å². The molecule has 94 valence electrons. The number of benzene rings is 2. The van der Waals surface area contributed by atoms with E-state index >= 15 is 0 Å². The molecule has 2 rings (SSSR count). The Morgan fingerprint density at radius 2 is 1.89 bits per heavy atom. The number of nitrogens with two attached hydrogens (primary N) is 1. The zero-order valence-corrected chi connectivity index (χ0v) is 11.4. The molecule has 0 saturated heterocycles. The number of hydrogen-bond donors (Lipinski definition) is 2. The minimum Gasteiger partial charge on any atom is -0.352 e. The molecule has 0 atom stereocenters. The van der Waals surface area contributed by atoms with Gasteiger partial charge in [0.05, 0.1) is 11.4 Å². The summed E-state index contributed by atoms with van der Waals surface area (Å²) in [4.78, 5) is 0. The highest BCUT2D eigenvalue weighted by Gasteiger charge is 2.05. The third kappa shape index (κ3) is 3.09. The van der Waals surface area contributed by atoms with Gasteiger partial charge in [-0.25, -0.2) is 4.39 Å². The van der Waals surface area contributed by atoms with Gasteiger partial charge in [0.15, 0.2) is 0 Å². The lowest BCUT2D eigenvalue weighted by molar-refractivity contribution is 0.629. The van der Waals surface area contributed by atoms with E-state index in [0.29, 0.717) is 18.7 Å². The van der Waals surface area contributed by atoms with Crippen LogP contribution in [0.1, 0.15) is 5.56 Å². The van der Waals surface area contributed by atoms with E-state index in [9.17, 15) is 4.39 Å². The first-order chi connectivity index (χ1) is 8.70. The van der Waals surface area contributed by atoms with Crippen LogP contribution >= 0.6 is 15.9 Å². The van der Waals surface area contributed by atoms with Crippen molar-refractivity contribution in [2.45, 2.75) is 6.42 Å². The second kappa shape index (κ2) is 5.98. The van der Waals surface area contributed by atoms with Crippen molar-refractivity contribution < 1.29 is 4.39 Å². The van der Waals surface area contributed by atoms with Crippen molar-refractivity contribution in [1.29, 1.82) is 0 Å².